The summed E-state index contributed by atoms with van der Waals surface area (Å²) in [5, 5.41) is 1.06. The van der Waals surface area contributed by atoms with E-state index in [1.54, 1.807) is 18.2 Å². The minimum Gasteiger partial charge on any atom is -0.455 e. The average molecular weight is 296 g/mol. The van der Waals surface area contributed by atoms with Crippen LogP contribution < -0.4 is 10.5 Å². The maximum atomic E-state index is 6.10. The molecule has 1 atom stereocenters. The van der Waals surface area contributed by atoms with Crippen LogP contribution in [0.1, 0.15) is 24.9 Å². The Labute approximate surface area is 123 Å². The van der Waals surface area contributed by atoms with Crippen LogP contribution in [0.5, 0.6) is 11.5 Å². The second-order valence-electron chi connectivity index (χ2n) is 4.23. The summed E-state index contributed by atoms with van der Waals surface area (Å²) in [5.74, 6) is 1.29. The van der Waals surface area contributed by atoms with Crippen molar-refractivity contribution in [2.75, 3.05) is 0 Å². The number of hydrogen-bond acceptors (Lipinski definition) is 2. The summed E-state index contributed by atoms with van der Waals surface area (Å²) in [4.78, 5) is 0. The van der Waals surface area contributed by atoms with Crippen LogP contribution >= 0.6 is 23.2 Å². The van der Waals surface area contributed by atoms with E-state index in [1.807, 2.05) is 31.2 Å². The van der Waals surface area contributed by atoms with E-state index in [9.17, 15) is 0 Å². The van der Waals surface area contributed by atoms with E-state index >= 15 is 0 Å². The van der Waals surface area contributed by atoms with E-state index in [4.69, 9.17) is 33.7 Å². The van der Waals surface area contributed by atoms with Crippen LogP contribution in [-0.4, -0.2) is 0 Å². The van der Waals surface area contributed by atoms with Crippen molar-refractivity contribution in [1.29, 1.82) is 0 Å². The lowest BCUT2D eigenvalue weighted by Gasteiger charge is -2.16. The molecule has 0 aromatic heterocycles. The molecule has 0 bridgehead atoms. The highest BCUT2D eigenvalue weighted by atomic mass is 35.5. The molecular weight excluding hydrogens is 281 g/mol. The molecule has 0 spiro atoms. The van der Waals surface area contributed by atoms with Crippen molar-refractivity contribution in [2.45, 2.75) is 19.4 Å². The molecule has 0 fully saturated rings. The lowest BCUT2D eigenvalue weighted by Crippen LogP contribution is -2.09. The molecule has 0 saturated carbocycles. The predicted molar refractivity (Wildman–Crippen MR) is 80.2 cm³/mol. The summed E-state index contributed by atoms with van der Waals surface area (Å²) in [6.07, 6.45) is 0.842. The number of benzene rings is 2. The van der Waals surface area contributed by atoms with Gasteiger partial charge in [0.25, 0.3) is 0 Å². The normalized spacial score (nSPS) is 12.2. The molecule has 2 aromatic rings. The van der Waals surface area contributed by atoms with Crippen LogP contribution in [0.2, 0.25) is 10.0 Å². The monoisotopic (exact) mass is 295 g/mol. The minimum atomic E-state index is -0.0534. The van der Waals surface area contributed by atoms with Crippen molar-refractivity contribution < 1.29 is 4.74 Å². The Hall–Kier alpha value is -1.22. The molecule has 4 heteroatoms. The molecule has 19 heavy (non-hydrogen) atoms. The molecule has 0 radical (unpaired) electrons. The minimum absolute atomic E-state index is 0.0534. The molecule has 0 aliphatic rings. The van der Waals surface area contributed by atoms with Crippen LogP contribution in [0.25, 0.3) is 0 Å². The van der Waals surface area contributed by atoms with Crippen molar-refractivity contribution in [3.63, 3.8) is 0 Å². The average Bonchev–Trinajstić information content (AvgIpc) is 2.41. The van der Waals surface area contributed by atoms with Gasteiger partial charge < -0.3 is 10.5 Å². The van der Waals surface area contributed by atoms with Gasteiger partial charge in [0, 0.05) is 16.6 Å². The zero-order chi connectivity index (χ0) is 13.8. The first-order chi connectivity index (χ1) is 9.11. The van der Waals surface area contributed by atoms with Crippen LogP contribution in [-0.2, 0) is 0 Å². The third-order valence-electron chi connectivity index (χ3n) is 2.87. The van der Waals surface area contributed by atoms with E-state index < -0.39 is 0 Å². The topological polar surface area (TPSA) is 35.2 Å². The molecule has 100 valence electrons. The lowest BCUT2D eigenvalue weighted by molar-refractivity contribution is 0.469. The Balaban J connectivity index is 2.33. The Morgan fingerprint density at radius 1 is 1.11 bits per heavy atom. The Morgan fingerprint density at radius 2 is 1.84 bits per heavy atom. The quantitative estimate of drug-likeness (QED) is 0.842. The van der Waals surface area contributed by atoms with Crippen LogP contribution in [0, 0.1) is 0 Å². The molecule has 0 saturated heterocycles. The SMILES string of the molecule is CCC(N)c1ccccc1Oc1ccc(Cl)cc1Cl. The first-order valence-corrected chi connectivity index (χ1v) is 6.84. The van der Waals surface area contributed by atoms with Crippen molar-refractivity contribution >= 4 is 23.2 Å². The van der Waals surface area contributed by atoms with Crippen LogP contribution in [0.15, 0.2) is 42.5 Å². The first-order valence-electron chi connectivity index (χ1n) is 6.09. The molecule has 2 aromatic carbocycles. The lowest BCUT2D eigenvalue weighted by atomic mass is 10.0. The van der Waals surface area contributed by atoms with Crippen molar-refractivity contribution in [1.82, 2.24) is 0 Å². The fourth-order valence-corrected chi connectivity index (χ4v) is 2.22. The third-order valence-corrected chi connectivity index (χ3v) is 3.40. The van der Waals surface area contributed by atoms with Crippen LogP contribution in [0.4, 0.5) is 0 Å². The molecule has 1 unspecified atom stereocenters. The molecule has 2 rings (SSSR count). The highest BCUT2D eigenvalue weighted by Gasteiger charge is 2.12. The smallest absolute Gasteiger partial charge is 0.146 e. The van der Waals surface area contributed by atoms with Gasteiger partial charge in [-0.05, 0) is 30.7 Å². The molecule has 0 aliphatic heterocycles. The zero-order valence-electron chi connectivity index (χ0n) is 10.6. The Morgan fingerprint density at radius 3 is 2.53 bits per heavy atom. The van der Waals surface area contributed by atoms with Gasteiger partial charge in [0.1, 0.15) is 11.5 Å². The van der Waals surface area contributed by atoms with E-state index in [0.29, 0.717) is 15.8 Å². The molecule has 0 heterocycles. The Kier molecular flexibility index (Phi) is 4.70. The van der Waals surface area contributed by atoms with Gasteiger partial charge in [-0.2, -0.15) is 0 Å². The van der Waals surface area contributed by atoms with Gasteiger partial charge in [0.15, 0.2) is 0 Å². The third kappa shape index (κ3) is 3.41. The second kappa shape index (κ2) is 6.29. The molecule has 2 nitrogen and oxygen atoms in total. The molecule has 2 N–H and O–H groups in total. The second-order valence-corrected chi connectivity index (χ2v) is 5.07. The van der Waals surface area contributed by atoms with Gasteiger partial charge in [-0.15, -0.1) is 0 Å². The standard InChI is InChI=1S/C15H15Cl2NO/c1-2-13(18)11-5-3-4-6-14(11)19-15-8-7-10(16)9-12(15)17/h3-9,13H,2,18H2,1H3. The van der Waals surface area contributed by atoms with E-state index in [2.05, 4.69) is 0 Å². The van der Waals surface area contributed by atoms with Gasteiger partial charge in [-0.1, -0.05) is 48.3 Å². The van der Waals surface area contributed by atoms with Gasteiger partial charge in [0.05, 0.1) is 5.02 Å². The highest BCUT2D eigenvalue weighted by Crippen LogP contribution is 2.34. The molecule has 0 amide bonds. The summed E-state index contributed by atoms with van der Waals surface area (Å²) in [5.41, 5.74) is 7.05. The summed E-state index contributed by atoms with van der Waals surface area (Å²) in [6, 6.07) is 12.8. The zero-order valence-corrected chi connectivity index (χ0v) is 12.1. The van der Waals surface area contributed by atoms with Crippen molar-refractivity contribution in [2.24, 2.45) is 5.73 Å². The molecular formula is C15H15Cl2NO. The Bertz CT molecular complexity index is 572. The van der Waals surface area contributed by atoms with Crippen molar-refractivity contribution in [3.8, 4) is 11.5 Å². The summed E-state index contributed by atoms with van der Waals surface area (Å²) in [7, 11) is 0. The number of ether oxygens (including phenoxy) is 1. The number of hydrogen-bond donors (Lipinski definition) is 1. The molecule has 0 aliphatic carbocycles. The summed E-state index contributed by atoms with van der Waals surface area (Å²) >= 11 is 12.0. The van der Waals surface area contributed by atoms with Gasteiger partial charge in [-0.3, -0.25) is 0 Å². The van der Waals surface area contributed by atoms with E-state index in [1.165, 1.54) is 0 Å². The predicted octanol–water partition coefficient (Wildman–Crippen LogP) is 5.20. The van der Waals surface area contributed by atoms with Gasteiger partial charge in [0.2, 0.25) is 0 Å². The van der Waals surface area contributed by atoms with E-state index in [-0.39, 0.29) is 6.04 Å². The maximum Gasteiger partial charge on any atom is 0.146 e. The fraction of sp³-hybridized carbons (Fsp3) is 0.200. The summed E-state index contributed by atoms with van der Waals surface area (Å²) in [6.45, 7) is 2.04. The van der Waals surface area contributed by atoms with Gasteiger partial charge >= 0.3 is 0 Å². The number of para-hydroxylation sites is 1. The van der Waals surface area contributed by atoms with E-state index in [0.717, 1.165) is 17.7 Å². The van der Waals surface area contributed by atoms with Crippen LogP contribution in [0.3, 0.4) is 0 Å². The largest absolute Gasteiger partial charge is 0.455 e. The maximum absolute atomic E-state index is 6.10. The number of halogens is 2. The van der Waals surface area contributed by atoms with Crippen molar-refractivity contribution in [3.05, 3.63) is 58.1 Å². The highest BCUT2D eigenvalue weighted by molar-refractivity contribution is 6.35. The number of nitrogens with two attached hydrogens (primary N) is 1. The summed E-state index contributed by atoms with van der Waals surface area (Å²) < 4.78 is 5.85. The fourth-order valence-electron chi connectivity index (χ4n) is 1.78. The number of rotatable bonds is 4. The van der Waals surface area contributed by atoms with Gasteiger partial charge in [-0.25, -0.2) is 0 Å². The first kappa shape index (κ1) is 14.2.